The van der Waals surface area contributed by atoms with E-state index in [0.717, 1.165) is 18.5 Å². The van der Waals surface area contributed by atoms with E-state index in [-0.39, 0.29) is 11.0 Å². The molecule has 0 unspecified atom stereocenters. The topological polar surface area (TPSA) is 50.2 Å². The molecule has 2 rings (SSSR count). The Balaban J connectivity index is 2.04. The van der Waals surface area contributed by atoms with Gasteiger partial charge in [0.15, 0.2) is 0 Å². The molecule has 0 saturated heterocycles. The van der Waals surface area contributed by atoms with E-state index in [9.17, 15) is 4.79 Å². The fourth-order valence-electron chi connectivity index (χ4n) is 2.16. The number of rotatable bonds is 4. The molecule has 0 aliphatic heterocycles. The second-order valence-electron chi connectivity index (χ2n) is 6.29. The quantitative estimate of drug-likeness (QED) is 0.927. The first-order chi connectivity index (χ1) is 9.86. The molecule has 1 heterocycles. The summed E-state index contributed by atoms with van der Waals surface area (Å²) in [7, 11) is 0. The SMILES string of the molecule is CC(C)(C)c1cccc(CCc2ccc(C(=O)O)cn2)c1. The van der Waals surface area contributed by atoms with E-state index in [1.165, 1.54) is 17.3 Å². The van der Waals surface area contributed by atoms with Crippen molar-refractivity contribution in [3.8, 4) is 0 Å². The van der Waals surface area contributed by atoms with Gasteiger partial charge in [0.25, 0.3) is 0 Å². The molecule has 0 amide bonds. The summed E-state index contributed by atoms with van der Waals surface area (Å²) in [6.45, 7) is 6.62. The lowest BCUT2D eigenvalue weighted by atomic mass is 9.86. The third-order valence-electron chi connectivity index (χ3n) is 3.53. The molecule has 0 radical (unpaired) electrons. The highest BCUT2D eigenvalue weighted by Gasteiger charge is 2.13. The van der Waals surface area contributed by atoms with Crippen molar-refractivity contribution in [2.45, 2.75) is 39.0 Å². The molecule has 0 atom stereocenters. The lowest BCUT2D eigenvalue weighted by molar-refractivity contribution is 0.0696. The third kappa shape index (κ3) is 4.15. The summed E-state index contributed by atoms with van der Waals surface area (Å²) in [6.07, 6.45) is 3.14. The minimum absolute atomic E-state index is 0.150. The number of aromatic carboxylic acids is 1. The third-order valence-corrected chi connectivity index (χ3v) is 3.53. The van der Waals surface area contributed by atoms with Crippen molar-refractivity contribution in [2.24, 2.45) is 0 Å². The molecular formula is C18H21NO2. The Kier molecular flexibility index (Phi) is 4.41. The number of hydrogen-bond acceptors (Lipinski definition) is 2. The number of carboxylic acids is 1. The summed E-state index contributed by atoms with van der Waals surface area (Å²) in [5.74, 6) is -0.938. The summed E-state index contributed by atoms with van der Waals surface area (Å²) in [5.41, 5.74) is 3.91. The fraction of sp³-hybridized carbons (Fsp3) is 0.333. The molecule has 0 aliphatic carbocycles. The van der Waals surface area contributed by atoms with Gasteiger partial charge in [-0.1, -0.05) is 45.0 Å². The predicted molar refractivity (Wildman–Crippen MR) is 83.7 cm³/mol. The van der Waals surface area contributed by atoms with Crippen LogP contribution in [0, 0.1) is 0 Å². The van der Waals surface area contributed by atoms with E-state index < -0.39 is 5.97 Å². The number of aryl methyl sites for hydroxylation is 2. The second-order valence-corrected chi connectivity index (χ2v) is 6.29. The number of benzene rings is 1. The normalized spacial score (nSPS) is 11.4. The van der Waals surface area contributed by atoms with Crippen LogP contribution in [0.2, 0.25) is 0 Å². The van der Waals surface area contributed by atoms with Crippen molar-refractivity contribution < 1.29 is 9.90 Å². The molecule has 1 aromatic carbocycles. The van der Waals surface area contributed by atoms with E-state index in [2.05, 4.69) is 50.0 Å². The first kappa shape index (κ1) is 15.2. The Bertz CT molecular complexity index is 624. The molecule has 3 nitrogen and oxygen atoms in total. The van der Waals surface area contributed by atoms with Gasteiger partial charge in [-0.3, -0.25) is 4.98 Å². The Hall–Kier alpha value is -2.16. The standard InChI is InChI=1S/C18H21NO2/c1-18(2,3)15-6-4-5-13(11-15)7-9-16-10-8-14(12-19-16)17(20)21/h4-6,8,10-12H,7,9H2,1-3H3,(H,20,21). The second kappa shape index (κ2) is 6.08. The maximum absolute atomic E-state index is 10.8. The zero-order valence-corrected chi connectivity index (χ0v) is 12.8. The molecule has 21 heavy (non-hydrogen) atoms. The number of carboxylic acid groups (broad SMARTS) is 1. The average molecular weight is 283 g/mol. The number of nitrogens with zero attached hydrogens (tertiary/aromatic N) is 1. The monoisotopic (exact) mass is 283 g/mol. The van der Waals surface area contributed by atoms with Gasteiger partial charge in [-0.05, 0) is 41.5 Å². The van der Waals surface area contributed by atoms with E-state index in [0.29, 0.717) is 0 Å². The first-order valence-corrected chi connectivity index (χ1v) is 7.14. The molecule has 1 aromatic heterocycles. The van der Waals surface area contributed by atoms with Gasteiger partial charge in [0.05, 0.1) is 5.56 Å². The fourth-order valence-corrected chi connectivity index (χ4v) is 2.16. The van der Waals surface area contributed by atoms with Crippen molar-refractivity contribution in [1.29, 1.82) is 0 Å². The van der Waals surface area contributed by atoms with E-state index >= 15 is 0 Å². The Morgan fingerprint density at radius 2 is 1.90 bits per heavy atom. The van der Waals surface area contributed by atoms with Crippen LogP contribution in [-0.2, 0) is 18.3 Å². The molecule has 1 N–H and O–H groups in total. The molecule has 0 aliphatic rings. The minimum atomic E-state index is -0.938. The van der Waals surface area contributed by atoms with Gasteiger partial charge in [0.2, 0.25) is 0 Å². The summed E-state index contributed by atoms with van der Waals surface area (Å²) < 4.78 is 0. The van der Waals surface area contributed by atoms with Gasteiger partial charge in [-0.15, -0.1) is 0 Å². The number of aromatic nitrogens is 1. The number of hydrogen-bond donors (Lipinski definition) is 1. The summed E-state index contributed by atoms with van der Waals surface area (Å²) >= 11 is 0. The highest BCUT2D eigenvalue weighted by molar-refractivity contribution is 5.87. The van der Waals surface area contributed by atoms with Crippen LogP contribution in [0.25, 0.3) is 0 Å². The number of pyridine rings is 1. The molecule has 0 spiro atoms. The van der Waals surface area contributed by atoms with Crippen LogP contribution in [0.5, 0.6) is 0 Å². The van der Waals surface area contributed by atoms with E-state index in [1.54, 1.807) is 12.1 Å². The van der Waals surface area contributed by atoms with Gasteiger partial charge in [0, 0.05) is 11.9 Å². The van der Waals surface area contributed by atoms with E-state index in [1.807, 2.05) is 0 Å². The van der Waals surface area contributed by atoms with E-state index in [4.69, 9.17) is 5.11 Å². The summed E-state index contributed by atoms with van der Waals surface area (Å²) in [6, 6.07) is 12.0. The van der Waals surface area contributed by atoms with Gasteiger partial charge in [-0.2, -0.15) is 0 Å². The lowest BCUT2D eigenvalue weighted by Gasteiger charge is -2.19. The van der Waals surface area contributed by atoms with Gasteiger partial charge in [-0.25, -0.2) is 4.79 Å². The molecule has 3 heteroatoms. The van der Waals surface area contributed by atoms with Crippen LogP contribution >= 0.6 is 0 Å². The maximum Gasteiger partial charge on any atom is 0.337 e. The highest BCUT2D eigenvalue weighted by atomic mass is 16.4. The molecule has 0 saturated carbocycles. The summed E-state index contributed by atoms with van der Waals surface area (Å²) in [5, 5.41) is 8.85. The van der Waals surface area contributed by atoms with Gasteiger partial charge in [0.1, 0.15) is 0 Å². The highest BCUT2D eigenvalue weighted by Crippen LogP contribution is 2.23. The van der Waals surface area contributed by atoms with Crippen LogP contribution < -0.4 is 0 Å². The lowest BCUT2D eigenvalue weighted by Crippen LogP contribution is -2.11. The van der Waals surface area contributed by atoms with Crippen molar-refractivity contribution in [2.75, 3.05) is 0 Å². The van der Waals surface area contributed by atoms with Gasteiger partial charge >= 0.3 is 5.97 Å². The predicted octanol–water partition coefficient (Wildman–Crippen LogP) is 3.86. The van der Waals surface area contributed by atoms with Crippen LogP contribution in [0.3, 0.4) is 0 Å². The van der Waals surface area contributed by atoms with Crippen molar-refractivity contribution in [1.82, 2.24) is 4.98 Å². The Morgan fingerprint density at radius 3 is 2.48 bits per heavy atom. The molecule has 0 bridgehead atoms. The zero-order valence-electron chi connectivity index (χ0n) is 12.8. The maximum atomic E-state index is 10.8. The minimum Gasteiger partial charge on any atom is -0.478 e. The summed E-state index contributed by atoms with van der Waals surface area (Å²) in [4.78, 5) is 15.0. The van der Waals surface area contributed by atoms with Crippen LogP contribution in [0.1, 0.15) is 48.0 Å². The molecule has 110 valence electrons. The molecule has 2 aromatic rings. The van der Waals surface area contributed by atoms with Crippen LogP contribution in [-0.4, -0.2) is 16.1 Å². The van der Waals surface area contributed by atoms with Crippen LogP contribution in [0.4, 0.5) is 0 Å². The van der Waals surface area contributed by atoms with Crippen LogP contribution in [0.15, 0.2) is 42.6 Å². The van der Waals surface area contributed by atoms with Crippen molar-refractivity contribution in [3.63, 3.8) is 0 Å². The smallest absolute Gasteiger partial charge is 0.337 e. The number of carbonyl (C=O) groups is 1. The molecule has 0 fully saturated rings. The Labute approximate surface area is 125 Å². The zero-order chi connectivity index (χ0) is 15.5. The molecular weight excluding hydrogens is 262 g/mol. The Morgan fingerprint density at radius 1 is 1.14 bits per heavy atom. The van der Waals surface area contributed by atoms with Crippen molar-refractivity contribution >= 4 is 5.97 Å². The van der Waals surface area contributed by atoms with Gasteiger partial charge < -0.3 is 5.11 Å². The first-order valence-electron chi connectivity index (χ1n) is 7.14. The average Bonchev–Trinajstić information content (AvgIpc) is 2.45. The largest absolute Gasteiger partial charge is 0.478 e. The van der Waals surface area contributed by atoms with Crippen molar-refractivity contribution in [3.05, 3.63) is 65.0 Å².